The summed E-state index contributed by atoms with van der Waals surface area (Å²) >= 11 is 6.01. The van der Waals surface area contributed by atoms with Gasteiger partial charge < -0.3 is 5.32 Å². The molecule has 1 aliphatic rings. The molecule has 1 N–H and O–H groups in total. The maximum Gasteiger partial charge on any atom is 0.292 e. The molecular weight excluding hydrogens is 250 g/mol. The van der Waals surface area contributed by atoms with Crippen molar-refractivity contribution in [1.82, 2.24) is 9.78 Å². The molecule has 0 amide bonds. The van der Waals surface area contributed by atoms with E-state index in [1.54, 1.807) is 0 Å². The molecule has 0 saturated heterocycles. The van der Waals surface area contributed by atoms with Crippen molar-refractivity contribution in [2.45, 2.75) is 38.8 Å². The van der Waals surface area contributed by atoms with Gasteiger partial charge in [0, 0.05) is 6.04 Å². The van der Waals surface area contributed by atoms with E-state index < -0.39 is 0 Å². The molecule has 2 atom stereocenters. The van der Waals surface area contributed by atoms with Crippen LogP contribution in [0.1, 0.15) is 26.2 Å². The van der Waals surface area contributed by atoms with Gasteiger partial charge in [0.2, 0.25) is 0 Å². The lowest BCUT2D eigenvalue weighted by molar-refractivity contribution is 0.661. The Bertz CT molecular complexity index is 532. The molecule has 18 heavy (non-hydrogen) atoms. The summed E-state index contributed by atoms with van der Waals surface area (Å²) in [6.45, 7) is 2.32. The van der Waals surface area contributed by atoms with E-state index in [0.717, 1.165) is 12.8 Å². The summed E-state index contributed by atoms with van der Waals surface area (Å²) in [6, 6.07) is 0.358. The highest BCUT2D eigenvalue weighted by Crippen LogP contribution is 2.37. The SMILES string of the molecule is C#CCn1ncc(Cl)c(NC2CC2CCC)c1=O. The van der Waals surface area contributed by atoms with Crippen LogP contribution in [0.25, 0.3) is 0 Å². The number of rotatable bonds is 5. The second-order valence-electron chi connectivity index (χ2n) is 4.57. The van der Waals surface area contributed by atoms with Crippen molar-refractivity contribution in [3.8, 4) is 12.3 Å². The third-order valence-corrected chi connectivity index (χ3v) is 3.44. The van der Waals surface area contributed by atoms with E-state index in [-0.39, 0.29) is 12.1 Å². The van der Waals surface area contributed by atoms with Crippen molar-refractivity contribution >= 4 is 17.3 Å². The van der Waals surface area contributed by atoms with E-state index in [4.69, 9.17) is 18.0 Å². The maximum absolute atomic E-state index is 12.1. The minimum Gasteiger partial charge on any atom is -0.376 e. The number of terminal acetylenes is 1. The van der Waals surface area contributed by atoms with Crippen molar-refractivity contribution in [3.63, 3.8) is 0 Å². The van der Waals surface area contributed by atoms with E-state index in [0.29, 0.717) is 22.7 Å². The highest BCUT2D eigenvalue weighted by atomic mass is 35.5. The Morgan fingerprint density at radius 1 is 1.72 bits per heavy atom. The zero-order chi connectivity index (χ0) is 13.1. The summed E-state index contributed by atoms with van der Waals surface area (Å²) in [5, 5.41) is 7.47. The Hall–Kier alpha value is -1.47. The Kier molecular flexibility index (Phi) is 3.93. The van der Waals surface area contributed by atoms with Gasteiger partial charge in [0.25, 0.3) is 5.56 Å². The van der Waals surface area contributed by atoms with Crippen molar-refractivity contribution in [1.29, 1.82) is 0 Å². The minimum absolute atomic E-state index is 0.160. The normalized spacial score (nSPS) is 21.4. The number of anilines is 1. The van der Waals surface area contributed by atoms with Gasteiger partial charge in [-0.2, -0.15) is 5.10 Å². The number of hydrogen-bond donors (Lipinski definition) is 1. The van der Waals surface area contributed by atoms with E-state index in [9.17, 15) is 4.79 Å². The van der Waals surface area contributed by atoms with E-state index in [1.165, 1.54) is 17.3 Å². The highest BCUT2D eigenvalue weighted by Gasteiger charge is 2.36. The van der Waals surface area contributed by atoms with Crippen LogP contribution in [-0.2, 0) is 6.54 Å². The van der Waals surface area contributed by atoms with Gasteiger partial charge in [0.15, 0.2) is 0 Å². The van der Waals surface area contributed by atoms with Crippen molar-refractivity contribution in [3.05, 3.63) is 21.6 Å². The van der Waals surface area contributed by atoms with Crippen LogP contribution < -0.4 is 10.9 Å². The van der Waals surface area contributed by atoms with Crippen LogP contribution >= 0.6 is 11.6 Å². The molecular formula is C13H16ClN3O. The molecule has 96 valence electrons. The number of nitrogens with one attached hydrogen (secondary N) is 1. The molecule has 1 saturated carbocycles. The Labute approximate surface area is 111 Å². The summed E-state index contributed by atoms with van der Waals surface area (Å²) in [5.74, 6) is 3.05. The highest BCUT2D eigenvalue weighted by molar-refractivity contribution is 6.33. The van der Waals surface area contributed by atoms with Crippen LogP contribution in [0.4, 0.5) is 5.69 Å². The molecule has 1 aromatic rings. The molecule has 2 unspecified atom stereocenters. The van der Waals surface area contributed by atoms with Gasteiger partial charge in [0.05, 0.1) is 11.2 Å². The first kappa shape index (κ1) is 13.0. The van der Waals surface area contributed by atoms with E-state index in [2.05, 4.69) is 23.3 Å². The number of halogens is 1. The molecule has 0 aliphatic heterocycles. The standard InChI is InChI=1S/C13H16ClN3O/c1-3-5-9-7-11(9)16-12-10(14)8-15-17(6-4-2)13(12)18/h2,8-9,11,16H,3,5-7H2,1H3. The summed E-state index contributed by atoms with van der Waals surface area (Å²) in [7, 11) is 0. The molecule has 4 nitrogen and oxygen atoms in total. The first-order valence-electron chi connectivity index (χ1n) is 6.13. The predicted molar refractivity (Wildman–Crippen MR) is 72.8 cm³/mol. The van der Waals surface area contributed by atoms with E-state index in [1.807, 2.05) is 0 Å². The molecule has 0 aromatic carbocycles. The summed E-state index contributed by atoms with van der Waals surface area (Å²) < 4.78 is 1.24. The molecule has 0 bridgehead atoms. The quantitative estimate of drug-likeness (QED) is 0.830. The Morgan fingerprint density at radius 2 is 2.50 bits per heavy atom. The Balaban J connectivity index is 2.15. The molecule has 1 aliphatic carbocycles. The first-order chi connectivity index (χ1) is 8.67. The molecule has 5 heteroatoms. The van der Waals surface area contributed by atoms with Crippen molar-refractivity contribution < 1.29 is 0 Å². The third-order valence-electron chi connectivity index (χ3n) is 3.15. The largest absolute Gasteiger partial charge is 0.376 e. The molecule has 0 spiro atoms. The van der Waals surface area contributed by atoms with Gasteiger partial charge >= 0.3 is 0 Å². The minimum atomic E-state index is -0.248. The zero-order valence-electron chi connectivity index (χ0n) is 10.3. The van der Waals surface area contributed by atoms with Gasteiger partial charge in [-0.25, -0.2) is 4.68 Å². The predicted octanol–water partition coefficient (Wildman–Crippen LogP) is 2.13. The maximum atomic E-state index is 12.1. The fourth-order valence-corrected chi connectivity index (χ4v) is 2.28. The number of hydrogen-bond acceptors (Lipinski definition) is 3. The molecule has 2 rings (SSSR count). The van der Waals surface area contributed by atoms with Crippen molar-refractivity contribution in [2.75, 3.05) is 5.32 Å². The lowest BCUT2D eigenvalue weighted by atomic mass is 10.2. The molecule has 1 heterocycles. The number of aromatic nitrogens is 2. The zero-order valence-corrected chi connectivity index (χ0v) is 11.1. The fraction of sp³-hybridized carbons (Fsp3) is 0.538. The summed E-state index contributed by atoms with van der Waals surface area (Å²) in [4.78, 5) is 12.1. The van der Waals surface area contributed by atoms with Crippen LogP contribution in [0.5, 0.6) is 0 Å². The van der Waals surface area contributed by atoms with Gasteiger partial charge in [-0.05, 0) is 18.8 Å². The van der Waals surface area contributed by atoms with Crippen LogP contribution in [0.15, 0.2) is 11.0 Å². The third kappa shape index (κ3) is 2.68. The monoisotopic (exact) mass is 265 g/mol. The van der Waals surface area contributed by atoms with Gasteiger partial charge in [-0.15, -0.1) is 6.42 Å². The first-order valence-corrected chi connectivity index (χ1v) is 6.50. The second-order valence-corrected chi connectivity index (χ2v) is 4.98. The molecule has 0 radical (unpaired) electrons. The van der Waals surface area contributed by atoms with Crippen LogP contribution in [0, 0.1) is 18.3 Å². The number of nitrogens with zero attached hydrogens (tertiary/aromatic N) is 2. The topological polar surface area (TPSA) is 46.9 Å². The average molecular weight is 266 g/mol. The van der Waals surface area contributed by atoms with Gasteiger partial charge in [-0.3, -0.25) is 4.79 Å². The average Bonchev–Trinajstić information content (AvgIpc) is 3.07. The van der Waals surface area contributed by atoms with Gasteiger partial charge in [-0.1, -0.05) is 30.9 Å². The van der Waals surface area contributed by atoms with Gasteiger partial charge in [0.1, 0.15) is 12.2 Å². The Morgan fingerprint density at radius 3 is 3.17 bits per heavy atom. The van der Waals surface area contributed by atoms with Crippen molar-refractivity contribution in [2.24, 2.45) is 5.92 Å². The summed E-state index contributed by atoms with van der Waals surface area (Å²) in [6.07, 6.45) is 10.1. The summed E-state index contributed by atoms with van der Waals surface area (Å²) in [5.41, 5.74) is 0.174. The van der Waals surface area contributed by atoms with Crippen LogP contribution in [-0.4, -0.2) is 15.8 Å². The molecule has 1 aromatic heterocycles. The van der Waals surface area contributed by atoms with Crippen LogP contribution in [0.3, 0.4) is 0 Å². The fourth-order valence-electron chi connectivity index (χ4n) is 2.10. The molecule has 1 fully saturated rings. The lowest BCUT2D eigenvalue weighted by Gasteiger charge is -2.09. The smallest absolute Gasteiger partial charge is 0.292 e. The lowest BCUT2D eigenvalue weighted by Crippen LogP contribution is -2.26. The second kappa shape index (κ2) is 5.45. The van der Waals surface area contributed by atoms with Crippen LogP contribution in [0.2, 0.25) is 5.02 Å². The van der Waals surface area contributed by atoms with E-state index >= 15 is 0 Å².